The van der Waals surface area contributed by atoms with E-state index in [1.807, 2.05) is 31.2 Å². The molecule has 1 aliphatic carbocycles. The maximum Gasteiger partial charge on any atom is 0.308 e. The summed E-state index contributed by atoms with van der Waals surface area (Å²) < 4.78 is 5.37. The Morgan fingerprint density at radius 1 is 1.32 bits per heavy atom. The van der Waals surface area contributed by atoms with Crippen molar-refractivity contribution < 1.29 is 19.4 Å². The Morgan fingerprint density at radius 3 is 2.68 bits per heavy atom. The summed E-state index contributed by atoms with van der Waals surface area (Å²) in [4.78, 5) is 24.0. The van der Waals surface area contributed by atoms with Crippen LogP contribution in [-0.4, -0.2) is 35.4 Å². The van der Waals surface area contributed by atoms with Gasteiger partial charge in [0.15, 0.2) is 0 Å². The zero-order valence-electron chi connectivity index (χ0n) is 12.6. The van der Waals surface area contributed by atoms with Crippen molar-refractivity contribution in [3.05, 3.63) is 24.3 Å². The van der Waals surface area contributed by atoms with E-state index in [2.05, 4.69) is 5.32 Å². The van der Waals surface area contributed by atoms with Crippen molar-refractivity contribution in [3.63, 3.8) is 0 Å². The predicted octanol–water partition coefficient (Wildman–Crippen LogP) is 2.55. The molecule has 1 aliphatic rings. The lowest BCUT2D eigenvalue weighted by Gasteiger charge is -2.17. The number of carbonyl (C=O) groups excluding carboxylic acids is 1. The van der Waals surface area contributed by atoms with Crippen molar-refractivity contribution in [2.45, 2.75) is 37.1 Å². The Kier molecular flexibility index (Phi) is 6.12. The number of benzene rings is 1. The normalized spacial score (nSPS) is 20.6. The van der Waals surface area contributed by atoms with E-state index in [9.17, 15) is 9.59 Å². The molecule has 2 atom stereocenters. The molecule has 120 valence electrons. The Bertz CT molecular complexity index is 517. The molecule has 0 unspecified atom stereocenters. The summed E-state index contributed by atoms with van der Waals surface area (Å²) in [5, 5.41) is 12.0. The summed E-state index contributed by atoms with van der Waals surface area (Å²) in [6.07, 6.45) is 2.25. The molecule has 5 nitrogen and oxygen atoms in total. The highest BCUT2D eigenvalue weighted by molar-refractivity contribution is 8.00. The van der Waals surface area contributed by atoms with Gasteiger partial charge in [-0.2, -0.15) is 0 Å². The fraction of sp³-hybridized carbons (Fsp3) is 0.500. The van der Waals surface area contributed by atoms with Crippen molar-refractivity contribution in [2.24, 2.45) is 5.92 Å². The average Bonchev–Trinajstić information content (AvgIpc) is 2.95. The van der Waals surface area contributed by atoms with Gasteiger partial charge in [-0.1, -0.05) is 6.42 Å². The number of nitrogens with one attached hydrogen (secondary N) is 1. The predicted molar refractivity (Wildman–Crippen MR) is 85.2 cm³/mol. The van der Waals surface area contributed by atoms with Crippen LogP contribution in [0.25, 0.3) is 0 Å². The summed E-state index contributed by atoms with van der Waals surface area (Å²) in [6, 6.07) is 7.35. The number of ether oxygens (including phenoxy) is 1. The van der Waals surface area contributed by atoms with Gasteiger partial charge in [0.25, 0.3) is 0 Å². The molecule has 1 fully saturated rings. The van der Waals surface area contributed by atoms with Crippen LogP contribution >= 0.6 is 11.8 Å². The van der Waals surface area contributed by atoms with E-state index < -0.39 is 11.9 Å². The molecule has 0 heterocycles. The first-order valence-electron chi connectivity index (χ1n) is 7.48. The van der Waals surface area contributed by atoms with Crippen LogP contribution in [0, 0.1) is 5.92 Å². The Hall–Kier alpha value is -1.69. The van der Waals surface area contributed by atoms with Gasteiger partial charge >= 0.3 is 5.97 Å². The summed E-state index contributed by atoms with van der Waals surface area (Å²) in [7, 11) is 0. The molecule has 0 spiro atoms. The number of carboxylic acids is 1. The molecule has 2 N–H and O–H groups in total. The SMILES string of the molecule is CCOc1ccc(SCC(=O)N[C@@H]2CCC[C@@H]2C(=O)O)cc1. The smallest absolute Gasteiger partial charge is 0.308 e. The number of amides is 1. The summed E-state index contributed by atoms with van der Waals surface area (Å²) in [5.41, 5.74) is 0. The van der Waals surface area contributed by atoms with E-state index in [1.165, 1.54) is 11.8 Å². The van der Waals surface area contributed by atoms with Crippen molar-refractivity contribution in [1.29, 1.82) is 0 Å². The first-order chi connectivity index (χ1) is 10.6. The van der Waals surface area contributed by atoms with Crippen LogP contribution in [0.15, 0.2) is 29.2 Å². The van der Waals surface area contributed by atoms with Gasteiger partial charge in [-0.25, -0.2) is 0 Å². The van der Waals surface area contributed by atoms with Crippen LogP contribution in [0.5, 0.6) is 5.75 Å². The molecule has 2 rings (SSSR count). The van der Waals surface area contributed by atoms with E-state index in [4.69, 9.17) is 9.84 Å². The van der Waals surface area contributed by atoms with Gasteiger partial charge in [0.05, 0.1) is 18.3 Å². The minimum Gasteiger partial charge on any atom is -0.494 e. The van der Waals surface area contributed by atoms with Gasteiger partial charge in [-0.15, -0.1) is 11.8 Å². The van der Waals surface area contributed by atoms with E-state index in [0.717, 1.165) is 23.5 Å². The summed E-state index contributed by atoms with van der Waals surface area (Å²) in [5.74, 6) is -0.276. The van der Waals surface area contributed by atoms with Crippen LogP contribution in [0.3, 0.4) is 0 Å². The molecule has 1 aromatic carbocycles. The third-order valence-corrected chi connectivity index (χ3v) is 4.70. The van der Waals surface area contributed by atoms with Crippen molar-refractivity contribution in [2.75, 3.05) is 12.4 Å². The molecule has 1 amide bonds. The van der Waals surface area contributed by atoms with Gasteiger partial charge in [0.2, 0.25) is 5.91 Å². The third kappa shape index (κ3) is 4.66. The average molecular weight is 323 g/mol. The molecule has 22 heavy (non-hydrogen) atoms. The minimum atomic E-state index is -0.818. The number of aliphatic carboxylic acids is 1. The molecular formula is C16H21NO4S. The maximum absolute atomic E-state index is 12.0. The van der Waals surface area contributed by atoms with Crippen molar-refractivity contribution >= 4 is 23.6 Å². The van der Waals surface area contributed by atoms with Gasteiger partial charge in [-0.05, 0) is 44.0 Å². The Morgan fingerprint density at radius 2 is 2.05 bits per heavy atom. The standard InChI is InChI=1S/C16H21NO4S/c1-2-21-11-6-8-12(9-7-11)22-10-15(18)17-14-5-3-4-13(14)16(19)20/h6-9,13-14H,2-5,10H2,1H3,(H,17,18)(H,19,20)/t13-,14+/m0/s1. The highest BCUT2D eigenvalue weighted by Gasteiger charge is 2.33. The van der Waals surface area contributed by atoms with Crippen molar-refractivity contribution in [1.82, 2.24) is 5.32 Å². The van der Waals surface area contributed by atoms with Gasteiger partial charge in [0.1, 0.15) is 5.75 Å². The lowest BCUT2D eigenvalue weighted by molar-refractivity contribution is -0.142. The molecule has 0 aromatic heterocycles. The first kappa shape index (κ1) is 16.7. The number of hydrogen-bond acceptors (Lipinski definition) is 4. The lowest BCUT2D eigenvalue weighted by atomic mass is 10.0. The molecule has 0 aliphatic heterocycles. The van der Waals surface area contributed by atoms with Gasteiger partial charge in [0, 0.05) is 10.9 Å². The van der Waals surface area contributed by atoms with Crippen LogP contribution in [0.1, 0.15) is 26.2 Å². The number of hydrogen-bond donors (Lipinski definition) is 2. The second kappa shape index (κ2) is 8.08. The maximum atomic E-state index is 12.0. The zero-order valence-corrected chi connectivity index (χ0v) is 13.4. The fourth-order valence-corrected chi connectivity index (χ4v) is 3.33. The second-order valence-electron chi connectivity index (χ2n) is 5.24. The molecule has 1 aromatic rings. The molecule has 6 heteroatoms. The Labute approximate surface area is 134 Å². The van der Waals surface area contributed by atoms with Crippen LogP contribution in [0.4, 0.5) is 0 Å². The lowest BCUT2D eigenvalue weighted by Crippen LogP contribution is -2.40. The van der Waals surface area contributed by atoms with E-state index in [-0.39, 0.29) is 17.7 Å². The third-order valence-electron chi connectivity index (χ3n) is 3.68. The van der Waals surface area contributed by atoms with E-state index in [0.29, 0.717) is 13.0 Å². The molecular weight excluding hydrogens is 302 g/mol. The first-order valence-corrected chi connectivity index (χ1v) is 8.46. The highest BCUT2D eigenvalue weighted by atomic mass is 32.2. The molecule has 0 radical (unpaired) electrons. The number of carbonyl (C=O) groups is 2. The van der Waals surface area contributed by atoms with Crippen LogP contribution in [-0.2, 0) is 9.59 Å². The summed E-state index contributed by atoms with van der Waals surface area (Å²) in [6.45, 7) is 2.56. The van der Waals surface area contributed by atoms with E-state index in [1.54, 1.807) is 0 Å². The largest absolute Gasteiger partial charge is 0.494 e. The Balaban J connectivity index is 1.78. The fourth-order valence-electron chi connectivity index (χ4n) is 2.62. The highest BCUT2D eigenvalue weighted by Crippen LogP contribution is 2.26. The van der Waals surface area contributed by atoms with E-state index >= 15 is 0 Å². The number of thioether (sulfide) groups is 1. The zero-order chi connectivity index (χ0) is 15.9. The van der Waals surface area contributed by atoms with Gasteiger partial charge < -0.3 is 15.2 Å². The van der Waals surface area contributed by atoms with Crippen molar-refractivity contribution in [3.8, 4) is 5.75 Å². The minimum absolute atomic E-state index is 0.114. The number of rotatable bonds is 7. The summed E-state index contributed by atoms with van der Waals surface area (Å²) >= 11 is 1.43. The number of carboxylic acid groups (broad SMARTS) is 1. The quantitative estimate of drug-likeness (QED) is 0.754. The van der Waals surface area contributed by atoms with Crippen LogP contribution < -0.4 is 10.1 Å². The topological polar surface area (TPSA) is 75.6 Å². The molecule has 1 saturated carbocycles. The molecule has 0 saturated heterocycles. The second-order valence-corrected chi connectivity index (χ2v) is 6.29. The monoisotopic (exact) mass is 323 g/mol. The molecule has 0 bridgehead atoms. The van der Waals surface area contributed by atoms with Gasteiger partial charge in [-0.3, -0.25) is 9.59 Å². The van der Waals surface area contributed by atoms with Crippen LogP contribution in [0.2, 0.25) is 0 Å².